The molecule has 0 radical (unpaired) electrons. The topological polar surface area (TPSA) is 55.9 Å². The molecular formula is C12H18N4S. The van der Waals surface area contributed by atoms with Crippen LogP contribution in [0, 0.1) is 6.92 Å². The van der Waals surface area contributed by atoms with Crippen LogP contribution in [0.15, 0.2) is 23.8 Å². The highest BCUT2D eigenvalue weighted by Gasteiger charge is 2.17. The molecule has 0 aliphatic carbocycles. The predicted octanol–water partition coefficient (Wildman–Crippen LogP) is 2.22. The highest BCUT2D eigenvalue weighted by molar-refractivity contribution is 7.10. The Bertz CT molecular complexity index is 474. The molecule has 1 unspecified atom stereocenters. The number of hydrogen-bond acceptors (Lipinski definition) is 4. The van der Waals surface area contributed by atoms with Crippen molar-refractivity contribution in [3.05, 3.63) is 39.8 Å². The SMILES string of the molecule is CCCn1cc(C(NN)c2sccc2C)cn1. The largest absolute Gasteiger partial charge is 0.272 e. The van der Waals surface area contributed by atoms with E-state index in [1.807, 2.05) is 10.9 Å². The number of thiophene rings is 1. The fraction of sp³-hybridized carbons (Fsp3) is 0.417. The van der Waals surface area contributed by atoms with E-state index in [-0.39, 0.29) is 6.04 Å². The summed E-state index contributed by atoms with van der Waals surface area (Å²) in [5.74, 6) is 5.67. The first kappa shape index (κ1) is 12.3. The van der Waals surface area contributed by atoms with Crippen LogP contribution >= 0.6 is 11.3 Å². The Morgan fingerprint density at radius 3 is 3.00 bits per heavy atom. The number of hydrogen-bond donors (Lipinski definition) is 2. The van der Waals surface area contributed by atoms with Crippen molar-refractivity contribution in [2.45, 2.75) is 32.9 Å². The van der Waals surface area contributed by atoms with Crippen molar-refractivity contribution < 1.29 is 0 Å². The summed E-state index contributed by atoms with van der Waals surface area (Å²) in [5.41, 5.74) is 5.26. The molecule has 0 aromatic carbocycles. The summed E-state index contributed by atoms with van der Waals surface area (Å²) in [6.07, 6.45) is 5.03. The van der Waals surface area contributed by atoms with Gasteiger partial charge in [-0.1, -0.05) is 6.92 Å². The molecule has 3 N–H and O–H groups in total. The molecule has 2 aromatic heterocycles. The second kappa shape index (κ2) is 5.44. The summed E-state index contributed by atoms with van der Waals surface area (Å²) in [5, 5.41) is 6.43. The minimum absolute atomic E-state index is 0.0422. The van der Waals surface area contributed by atoms with Crippen molar-refractivity contribution in [2.75, 3.05) is 0 Å². The van der Waals surface area contributed by atoms with Gasteiger partial charge in [-0.05, 0) is 30.4 Å². The molecule has 2 rings (SSSR count). The van der Waals surface area contributed by atoms with Gasteiger partial charge in [-0.2, -0.15) is 5.10 Å². The van der Waals surface area contributed by atoms with Crippen LogP contribution in [-0.2, 0) is 6.54 Å². The molecule has 0 saturated heterocycles. The third-order valence-corrected chi connectivity index (χ3v) is 3.85. The quantitative estimate of drug-likeness (QED) is 0.632. The molecule has 0 fully saturated rings. The summed E-state index contributed by atoms with van der Waals surface area (Å²) in [6.45, 7) is 5.19. The van der Waals surface area contributed by atoms with Crippen LogP contribution in [0.3, 0.4) is 0 Å². The molecule has 0 saturated carbocycles. The maximum Gasteiger partial charge on any atom is 0.0835 e. The number of nitrogens with two attached hydrogens (primary N) is 1. The summed E-state index contributed by atoms with van der Waals surface area (Å²) in [7, 11) is 0. The van der Waals surface area contributed by atoms with Crippen molar-refractivity contribution in [3.8, 4) is 0 Å². The molecule has 0 aliphatic rings. The summed E-state index contributed by atoms with van der Waals surface area (Å²) in [6, 6.07) is 2.15. The molecule has 17 heavy (non-hydrogen) atoms. The van der Waals surface area contributed by atoms with Crippen molar-refractivity contribution >= 4 is 11.3 Å². The molecule has 0 bridgehead atoms. The molecule has 0 spiro atoms. The van der Waals surface area contributed by atoms with E-state index >= 15 is 0 Å². The van der Waals surface area contributed by atoms with Crippen molar-refractivity contribution in [1.29, 1.82) is 0 Å². The third-order valence-electron chi connectivity index (χ3n) is 2.77. The molecular weight excluding hydrogens is 232 g/mol. The highest BCUT2D eigenvalue weighted by Crippen LogP contribution is 2.28. The van der Waals surface area contributed by atoms with Crippen LogP contribution in [0.25, 0.3) is 0 Å². The molecule has 4 nitrogen and oxygen atoms in total. The maximum atomic E-state index is 5.67. The molecule has 0 aliphatic heterocycles. The zero-order valence-corrected chi connectivity index (χ0v) is 11.0. The Morgan fingerprint density at radius 1 is 1.59 bits per heavy atom. The normalized spacial score (nSPS) is 12.9. The van der Waals surface area contributed by atoms with Crippen LogP contribution in [-0.4, -0.2) is 9.78 Å². The van der Waals surface area contributed by atoms with Gasteiger partial charge < -0.3 is 0 Å². The Hall–Kier alpha value is -1.17. The van der Waals surface area contributed by atoms with Gasteiger partial charge >= 0.3 is 0 Å². The average Bonchev–Trinajstić information content (AvgIpc) is 2.92. The maximum absolute atomic E-state index is 5.67. The standard InChI is InChI=1S/C12H18N4S/c1-3-5-16-8-10(7-14-16)11(15-13)12-9(2)4-6-17-12/h4,6-8,11,15H,3,5,13H2,1-2H3. The van der Waals surface area contributed by atoms with E-state index in [2.05, 4.69) is 42.0 Å². The van der Waals surface area contributed by atoms with Crippen molar-refractivity contribution in [3.63, 3.8) is 0 Å². The van der Waals surface area contributed by atoms with Crippen LogP contribution in [0.5, 0.6) is 0 Å². The van der Waals surface area contributed by atoms with Gasteiger partial charge in [-0.3, -0.25) is 10.5 Å². The van der Waals surface area contributed by atoms with Gasteiger partial charge in [0.05, 0.1) is 12.2 Å². The van der Waals surface area contributed by atoms with E-state index < -0.39 is 0 Å². The first-order valence-electron chi connectivity index (χ1n) is 5.78. The van der Waals surface area contributed by atoms with Crippen LogP contribution in [0.4, 0.5) is 0 Å². The molecule has 2 aromatic rings. The van der Waals surface area contributed by atoms with Gasteiger partial charge in [-0.15, -0.1) is 11.3 Å². The Balaban J connectivity index is 2.26. The second-order valence-electron chi connectivity index (χ2n) is 4.10. The number of nitrogens with one attached hydrogen (secondary N) is 1. The third kappa shape index (κ3) is 2.57. The lowest BCUT2D eigenvalue weighted by molar-refractivity contribution is 0.598. The van der Waals surface area contributed by atoms with E-state index in [4.69, 9.17) is 5.84 Å². The van der Waals surface area contributed by atoms with E-state index in [0.717, 1.165) is 18.5 Å². The summed E-state index contributed by atoms with van der Waals surface area (Å²) in [4.78, 5) is 1.25. The second-order valence-corrected chi connectivity index (χ2v) is 5.05. The van der Waals surface area contributed by atoms with Crippen LogP contribution < -0.4 is 11.3 Å². The van der Waals surface area contributed by atoms with E-state index in [0.29, 0.717) is 0 Å². The number of nitrogens with zero attached hydrogens (tertiary/aromatic N) is 2. The lowest BCUT2D eigenvalue weighted by atomic mass is 10.1. The number of rotatable bonds is 5. The number of aromatic nitrogens is 2. The average molecular weight is 250 g/mol. The molecule has 5 heteroatoms. The fourth-order valence-corrected chi connectivity index (χ4v) is 2.90. The number of hydrazine groups is 1. The lowest BCUT2D eigenvalue weighted by Crippen LogP contribution is -2.28. The van der Waals surface area contributed by atoms with E-state index in [9.17, 15) is 0 Å². The minimum Gasteiger partial charge on any atom is -0.272 e. The highest BCUT2D eigenvalue weighted by atomic mass is 32.1. The molecule has 1 atom stereocenters. The Morgan fingerprint density at radius 2 is 2.41 bits per heavy atom. The molecule has 92 valence electrons. The molecule has 2 heterocycles. The van der Waals surface area contributed by atoms with Crippen molar-refractivity contribution in [1.82, 2.24) is 15.2 Å². The lowest BCUT2D eigenvalue weighted by Gasteiger charge is -2.13. The van der Waals surface area contributed by atoms with E-state index in [1.165, 1.54) is 10.4 Å². The summed E-state index contributed by atoms with van der Waals surface area (Å²) < 4.78 is 1.96. The fourth-order valence-electron chi connectivity index (χ4n) is 1.88. The monoisotopic (exact) mass is 250 g/mol. The van der Waals surface area contributed by atoms with Gasteiger partial charge in [0.1, 0.15) is 0 Å². The van der Waals surface area contributed by atoms with Crippen LogP contribution in [0.1, 0.15) is 35.4 Å². The van der Waals surface area contributed by atoms with Gasteiger partial charge in [0.2, 0.25) is 0 Å². The van der Waals surface area contributed by atoms with Gasteiger partial charge in [0, 0.05) is 23.2 Å². The first-order chi connectivity index (χ1) is 8.26. The predicted molar refractivity (Wildman–Crippen MR) is 70.7 cm³/mol. The van der Waals surface area contributed by atoms with E-state index in [1.54, 1.807) is 11.3 Å². The zero-order valence-electron chi connectivity index (χ0n) is 10.2. The van der Waals surface area contributed by atoms with Gasteiger partial charge in [-0.25, -0.2) is 5.43 Å². The number of aryl methyl sites for hydroxylation is 2. The van der Waals surface area contributed by atoms with Crippen molar-refractivity contribution in [2.24, 2.45) is 5.84 Å². The Labute approximate surface area is 105 Å². The minimum atomic E-state index is 0.0422. The van der Waals surface area contributed by atoms with Crippen LogP contribution in [0.2, 0.25) is 0 Å². The molecule has 0 amide bonds. The smallest absolute Gasteiger partial charge is 0.0835 e. The Kier molecular flexibility index (Phi) is 3.93. The van der Waals surface area contributed by atoms with Gasteiger partial charge in [0.25, 0.3) is 0 Å². The summed E-state index contributed by atoms with van der Waals surface area (Å²) >= 11 is 1.72. The van der Waals surface area contributed by atoms with Gasteiger partial charge in [0.15, 0.2) is 0 Å². The first-order valence-corrected chi connectivity index (χ1v) is 6.66. The zero-order chi connectivity index (χ0) is 12.3.